The molecule has 18 heavy (non-hydrogen) atoms. The van der Waals surface area contributed by atoms with Crippen molar-refractivity contribution in [2.24, 2.45) is 0 Å². The van der Waals surface area contributed by atoms with Crippen LogP contribution in [0.25, 0.3) is 0 Å². The zero-order chi connectivity index (χ0) is 13.3. The Balaban J connectivity index is 2.24. The second-order valence-electron chi connectivity index (χ2n) is 4.01. The van der Waals surface area contributed by atoms with Gasteiger partial charge in [-0.1, -0.05) is 0 Å². The van der Waals surface area contributed by atoms with E-state index in [1.807, 2.05) is 13.8 Å². The van der Waals surface area contributed by atoms with Crippen LogP contribution in [-0.2, 0) is 0 Å². The van der Waals surface area contributed by atoms with Gasteiger partial charge in [-0.05, 0) is 26.0 Å². The number of aryl methyl sites for hydroxylation is 1. The van der Waals surface area contributed by atoms with E-state index < -0.39 is 5.91 Å². The third-order valence-electron chi connectivity index (χ3n) is 2.65. The van der Waals surface area contributed by atoms with E-state index in [9.17, 15) is 15.0 Å². The number of carbonyl (C=O) groups is 1. The van der Waals surface area contributed by atoms with Crippen molar-refractivity contribution < 1.29 is 15.0 Å². The molecule has 0 radical (unpaired) electrons. The van der Waals surface area contributed by atoms with Crippen LogP contribution < -0.4 is 5.32 Å². The molecule has 1 aromatic carbocycles. The van der Waals surface area contributed by atoms with Crippen molar-refractivity contribution in [3.05, 3.63) is 35.0 Å². The summed E-state index contributed by atoms with van der Waals surface area (Å²) in [4.78, 5) is 11.9. The Morgan fingerprint density at radius 3 is 2.33 bits per heavy atom. The Morgan fingerprint density at radius 2 is 1.83 bits per heavy atom. The molecule has 0 fully saturated rings. The minimum Gasteiger partial charge on any atom is -0.508 e. The molecule has 0 saturated carbocycles. The molecule has 1 heterocycles. The predicted molar refractivity (Wildman–Crippen MR) is 65.8 cm³/mol. The molecule has 6 heteroatoms. The van der Waals surface area contributed by atoms with E-state index in [4.69, 9.17) is 0 Å². The number of hydrogen-bond donors (Lipinski definition) is 4. The zero-order valence-corrected chi connectivity index (χ0v) is 9.98. The molecule has 0 aliphatic heterocycles. The van der Waals surface area contributed by atoms with Gasteiger partial charge in [-0.3, -0.25) is 9.89 Å². The fraction of sp³-hybridized carbons (Fsp3) is 0.167. The average molecular weight is 247 g/mol. The van der Waals surface area contributed by atoms with Gasteiger partial charge in [-0.2, -0.15) is 5.10 Å². The number of hydrogen-bond acceptors (Lipinski definition) is 4. The number of aromatic hydroxyl groups is 2. The monoisotopic (exact) mass is 247 g/mol. The van der Waals surface area contributed by atoms with E-state index in [-0.39, 0.29) is 17.1 Å². The summed E-state index contributed by atoms with van der Waals surface area (Å²) >= 11 is 0. The summed E-state index contributed by atoms with van der Waals surface area (Å²) in [5, 5.41) is 27.9. The van der Waals surface area contributed by atoms with Gasteiger partial charge in [0, 0.05) is 22.9 Å². The fourth-order valence-electron chi connectivity index (χ4n) is 1.51. The van der Waals surface area contributed by atoms with Crippen molar-refractivity contribution in [2.75, 3.05) is 5.32 Å². The molecule has 0 saturated heterocycles. The van der Waals surface area contributed by atoms with Gasteiger partial charge in [0.1, 0.15) is 11.5 Å². The summed E-state index contributed by atoms with van der Waals surface area (Å²) < 4.78 is 0. The van der Waals surface area contributed by atoms with E-state index in [1.165, 1.54) is 12.1 Å². The molecular formula is C12H13N3O3. The molecule has 0 spiro atoms. The van der Waals surface area contributed by atoms with E-state index >= 15 is 0 Å². The number of carbonyl (C=O) groups excluding carboxylic acids is 1. The number of amides is 1. The van der Waals surface area contributed by atoms with Crippen molar-refractivity contribution >= 4 is 11.7 Å². The quantitative estimate of drug-likeness (QED) is 0.649. The average Bonchev–Trinajstić information content (AvgIpc) is 2.59. The summed E-state index contributed by atoms with van der Waals surface area (Å²) in [6.45, 7) is 3.67. The van der Waals surface area contributed by atoms with Gasteiger partial charge in [0.25, 0.3) is 5.91 Å². The molecule has 0 atom stereocenters. The first kappa shape index (κ1) is 12.0. The van der Waals surface area contributed by atoms with Gasteiger partial charge in [0.05, 0.1) is 0 Å². The third kappa shape index (κ3) is 2.27. The van der Waals surface area contributed by atoms with Crippen LogP contribution in [0.5, 0.6) is 11.5 Å². The molecule has 0 unspecified atom stereocenters. The number of nitrogens with zero attached hydrogens (tertiary/aromatic N) is 1. The number of aromatic amines is 1. The minimum atomic E-state index is -0.448. The lowest BCUT2D eigenvalue weighted by molar-refractivity contribution is 0.102. The molecule has 0 aliphatic carbocycles. The normalized spacial score (nSPS) is 10.3. The number of rotatable bonds is 2. The summed E-state index contributed by atoms with van der Waals surface area (Å²) in [5.41, 5.74) is 1.87. The number of anilines is 1. The molecule has 0 aliphatic rings. The van der Waals surface area contributed by atoms with E-state index in [2.05, 4.69) is 15.5 Å². The number of H-pyrrole nitrogens is 1. The van der Waals surface area contributed by atoms with E-state index in [0.717, 1.165) is 17.3 Å². The molecular weight excluding hydrogens is 234 g/mol. The van der Waals surface area contributed by atoms with Crippen LogP contribution >= 0.6 is 0 Å². The lowest BCUT2D eigenvalue weighted by atomic mass is 10.2. The molecule has 6 nitrogen and oxygen atoms in total. The lowest BCUT2D eigenvalue weighted by Crippen LogP contribution is -2.12. The minimum absolute atomic E-state index is 0.160. The van der Waals surface area contributed by atoms with Crippen LogP contribution in [0.1, 0.15) is 21.6 Å². The summed E-state index contributed by atoms with van der Waals surface area (Å²) in [6, 6.07) is 3.69. The topological polar surface area (TPSA) is 98.2 Å². The van der Waals surface area contributed by atoms with Crippen molar-refractivity contribution in [2.45, 2.75) is 13.8 Å². The van der Waals surface area contributed by atoms with Crippen LogP contribution in [0.2, 0.25) is 0 Å². The molecule has 0 bridgehead atoms. The maximum atomic E-state index is 11.9. The number of phenols is 2. The smallest absolute Gasteiger partial charge is 0.257 e. The Kier molecular flexibility index (Phi) is 2.93. The Hall–Kier alpha value is -2.50. The Labute approximate surface area is 103 Å². The largest absolute Gasteiger partial charge is 0.508 e. The predicted octanol–water partition coefficient (Wildman–Crippen LogP) is 1.69. The van der Waals surface area contributed by atoms with Crippen molar-refractivity contribution in [3.63, 3.8) is 0 Å². The van der Waals surface area contributed by atoms with E-state index in [0.29, 0.717) is 5.82 Å². The maximum Gasteiger partial charge on any atom is 0.257 e. The molecule has 2 rings (SSSR count). The van der Waals surface area contributed by atoms with Crippen LogP contribution in [-0.4, -0.2) is 26.3 Å². The number of benzene rings is 1. The lowest BCUT2D eigenvalue weighted by Gasteiger charge is -2.04. The van der Waals surface area contributed by atoms with E-state index in [1.54, 1.807) is 0 Å². The van der Waals surface area contributed by atoms with Crippen molar-refractivity contribution in [1.29, 1.82) is 0 Å². The van der Waals surface area contributed by atoms with Crippen LogP contribution in [0, 0.1) is 13.8 Å². The molecule has 1 aromatic heterocycles. The molecule has 94 valence electrons. The highest BCUT2D eigenvalue weighted by Gasteiger charge is 2.12. The third-order valence-corrected chi connectivity index (χ3v) is 2.65. The van der Waals surface area contributed by atoms with Crippen LogP contribution in [0.4, 0.5) is 5.82 Å². The fourth-order valence-corrected chi connectivity index (χ4v) is 1.51. The van der Waals surface area contributed by atoms with Crippen molar-refractivity contribution in [1.82, 2.24) is 10.2 Å². The Bertz CT molecular complexity index is 584. The van der Waals surface area contributed by atoms with Gasteiger partial charge < -0.3 is 15.5 Å². The highest BCUT2D eigenvalue weighted by Crippen LogP contribution is 2.22. The number of phenolic OH excluding ortho intramolecular Hbond substituents is 2. The van der Waals surface area contributed by atoms with Gasteiger partial charge in [0.15, 0.2) is 5.82 Å². The highest BCUT2D eigenvalue weighted by molar-refractivity contribution is 6.04. The van der Waals surface area contributed by atoms with Gasteiger partial charge in [-0.15, -0.1) is 0 Å². The number of nitrogens with one attached hydrogen (secondary N) is 2. The van der Waals surface area contributed by atoms with Crippen molar-refractivity contribution in [3.8, 4) is 11.5 Å². The standard InChI is InChI=1S/C12H13N3O3/c1-6-7(2)14-15-11(6)13-12(18)8-3-9(16)5-10(17)4-8/h3-5,16-17H,1-2H3,(H2,13,14,15,18). The first-order valence-corrected chi connectivity index (χ1v) is 5.33. The summed E-state index contributed by atoms with van der Waals surface area (Å²) in [5.74, 6) is -0.360. The first-order chi connectivity index (χ1) is 8.47. The van der Waals surface area contributed by atoms with Gasteiger partial charge >= 0.3 is 0 Å². The first-order valence-electron chi connectivity index (χ1n) is 5.33. The second kappa shape index (κ2) is 4.40. The van der Waals surface area contributed by atoms with Gasteiger partial charge in [0.2, 0.25) is 0 Å². The zero-order valence-electron chi connectivity index (χ0n) is 9.98. The SMILES string of the molecule is Cc1[nH]nc(NC(=O)c2cc(O)cc(O)c2)c1C. The van der Waals surface area contributed by atoms with Crippen LogP contribution in [0.3, 0.4) is 0 Å². The summed E-state index contributed by atoms with van der Waals surface area (Å²) in [6.07, 6.45) is 0. The number of aromatic nitrogens is 2. The summed E-state index contributed by atoms with van der Waals surface area (Å²) in [7, 11) is 0. The maximum absolute atomic E-state index is 11.9. The molecule has 1 amide bonds. The second-order valence-corrected chi connectivity index (χ2v) is 4.01. The molecule has 2 aromatic rings. The van der Waals surface area contributed by atoms with Crippen LogP contribution in [0.15, 0.2) is 18.2 Å². The highest BCUT2D eigenvalue weighted by atomic mass is 16.3. The van der Waals surface area contributed by atoms with Gasteiger partial charge in [-0.25, -0.2) is 0 Å². The molecule has 4 N–H and O–H groups in total. The Morgan fingerprint density at radius 1 is 1.22 bits per heavy atom.